The summed E-state index contributed by atoms with van der Waals surface area (Å²) in [5.74, 6) is 2.09. The molecule has 2 aromatic rings. The zero-order valence-corrected chi connectivity index (χ0v) is 15.8. The smallest absolute Gasteiger partial charge is 0.255 e. The van der Waals surface area contributed by atoms with Gasteiger partial charge in [-0.05, 0) is 51.8 Å². The van der Waals surface area contributed by atoms with Gasteiger partial charge < -0.3 is 15.2 Å². The number of nitrogens with two attached hydrogens (primary N) is 1. The molecule has 0 bridgehead atoms. The van der Waals surface area contributed by atoms with Gasteiger partial charge in [-0.2, -0.15) is 0 Å². The second-order valence-corrected chi connectivity index (χ2v) is 7.75. The Hall–Kier alpha value is -1.79. The summed E-state index contributed by atoms with van der Waals surface area (Å²) in [5, 5.41) is 4.00. The Morgan fingerprint density at radius 3 is 2.80 bits per heavy atom. The number of likely N-dealkylation sites (tertiary alicyclic amines) is 1. The Balaban J connectivity index is 1.78. The summed E-state index contributed by atoms with van der Waals surface area (Å²) in [4.78, 5) is 16.0. The molecule has 25 heavy (non-hydrogen) atoms. The Morgan fingerprint density at radius 2 is 2.16 bits per heavy atom. The number of nitrogens with zero attached hydrogens (tertiary/aromatic N) is 2. The number of benzene rings is 1. The van der Waals surface area contributed by atoms with Gasteiger partial charge in [-0.25, -0.2) is 0 Å². The molecule has 2 N–H and O–H groups in total. The average molecular weight is 359 g/mol. The molecular weight excluding hydrogens is 334 g/mol. The number of hydrogen-bond acceptors (Lipinski definition) is 5. The van der Waals surface area contributed by atoms with E-state index in [1.54, 1.807) is 11.8 Å². The van der Waals surface area contributed by atoms with E-state index in [0.717, 1.165) is 46.2 Å². The highest BCUT2D eigenvalue weighted by Crippen LogP contribution is 2.31. The minimum atomic E-state index is 0.102. The number of hydrogen-bond donors (Lipinski definition) is 1. The minimum Gasteiger partial charge on any atom is -0.361 e. The Kier molecular flexibility index (Phi) is 5.49. The van der Waals surface area contributed by atoms with E-state index in [4.69, 9.17) is 10.3 Å². The number of aromatic nitrogens is 1. The van der Waals surface area contributed by atoms with Gasteiger partial charge >= 0.3 is 0 Å². The molecule has 2 unspecified atom stereocenters. The molecule has 1 amide bonds. The van der Waals surface area contributed by atoms with Crippen molar-refractivity contribution in [3.63, 3.8) is 0 Å². The van der Waals surface area contributed by atoms with Crippen LogP contribution in [0.1, 0.15) is 40.7 Å². The number of thioether (sulfide) groups is 1. The second kappa shape index (κ2) is 7.62. The third kappa shape index (κ3) is 3.75. The standard InChI is InChI=1S/C19H25N3O2S/c1-12-8-15(9-20)10-22(12)19(23)16-6-4-5-7-18(16)25-11-17-13(2)21-24-14(17)3/h4-7,12,15H,8-11,20H2,1-3H3. The maximum atomic E-state index is 13.1. The van der Waals surface area contributed by atoms with Gasteiger partial charge in [0.2, 0.25) is 0 Å². The lowest BCUT2D eigenvalue weighted by Gasteiger charge is -2.23. The first-order valence-corrected chi connectivity index (χ1v) is 9.64. The molecular formula is C19H25N3O2S. The molecule has 0 spiro atoms. The predicted molar refractivity (Wildman–Crippen MR) is 99.6 cm³/mol. The largest absolute Gasteiger partial charge is 0.361 e. The summed E-state index contributed by atoms with van der Waals surface area (Å²) in [7, 11) is 0. The van der Waals surface area contributed by atoms with Crippen molar-refractivity contribution in [2.45, 2.75) is 43.9 Å². The monoisotopic (exact) mass is 359 g/mol. The first kappa shape index (κ1) is 18.0. The predicted octanol–water partition coefficient (Wildman–Crippen LogP) is 3.39. The molecule has 1 aromatic carbocycles. The third-order valence-corrected chi connectivity index (χ3v) is 6.03. The summed E-state index contributed by atoms with van der Waals surface area (Å²) in [6, 6.07) is 8.07. The summed E-state index contributed by atoms with van der Waals surface area (Å²) in [6.07, 6.45) is 0.983. The molecule has 1 aromatic heterocycles. The normalized spacial score (nSPS) is 20.2. The van der Waals surface area contributed by atoms with E-state index in [0.29, 0.717) is 12.5 Å². The van der Waals surface area contributed by atoms with Gasteiger partial charge in [-0.15, -0.1) is 11.8 Å². The van der Waals surface area contributed by atoms with Crippen molar-refractivity contribution in [2.75, 3.05) is 13.1 Å². The molecule has 1 saturated heterocycles. The summed E-state index contributed by atoms with van der Waals surface area (Å²) in [5.41, 5.74) is 8.58. The van der Waals surface area contributed by atoms with Crippen molar-refractivity contribution in [3.05, 3.63) is 46.8 Å². The van der Waals surface area contributed by atoms with E-state index in [9.17, 15) is 4.79 Å². The molecule has 5 nitrogen and oxygen atoms in total. The van der Waals surface area contributed by atoms with Gasteiger partial charge in [0, 0.05) is 28.8 Å². The number of rotatable bonds is 5. The fraction of sp³-hybridized carbons (Fsp3) is 0.474. The van der Waals surface area contributed by atoms with Crippen molar-refractivity contribution in [1.82, 2.24) is 10.1 Å². The van der Waals surface area contributed by atoms with Crippen molar-refractivity contribution in [3.8, 4) is 0 Å². The summed E-state index contributed by atoms with van der Waals surface area (Å²) in [6.45, 7) is 7.36. The van der Waals surface area contributed by atoms with Crippen molar-refractivity contribution >= 4 is 17.7 Å². The molecule has 1 aliphatic rings. The summed E-state index contributed by atoms with van der Waals surface area (Å²) >= 11 is 1.66. The first-order valence-electron chi connectivity index (χ1n) is 8.65. The van der Waals surface area contributed by atoms with Gasteiger partial charge in [0.15, 0.2) is 0 Å². The van der Waals surface area contributed by atoms with Crippen LogP contribution in [0.15, 0.2) is 33.7 Å². The zero-order valence-electron chi connectivity index (χ0n) is 15.0. The Morgan fingerprint density at radius 1 is 1.40 bits per heavy atom. The van der Waals surface area contributed by atoms with Gasteiger partial charge in [0.05, 0.1) is 11.3 Å². The van der Waals surface area contributed by atoms with E-state index in [1.165, 1.54) is 0 Å². The van der Waals surface area contributed by atoms with Crippen LogP contribution in [0.3, 0.4) is 0 Å². The molecule has 134 valence electrons. The molecule has 1 fully saturated rings. The second-order valence-electron chi connectivity index (χ2n) is 6.73. The van der Waals surface area contributed by atoms with E-state index >= 15 is 0 Å². The van der Waals surface area contributed by atoms with Crippen LogP contribution in [0.2, 0.25) is 0 Å². The molecule has 2 atom stereocenters. The number of carbonyl (C=O) groups is 1. The first-order chi connectivity index (χ1) is 12.0. The summed E-state index contributed by atoms with van der Waals surface area (Å²) < 4.78 is 5.23. The fourth-order valence-corrected chi connectivity index (χ4v) is 4.58. The maximum Gasteiger partial charge on any atom is 0.255 e. The van der Waals surface area contributed by atoms with Crippen LogP contribution < -0.4 is 5.73 Å². The van der Waals surface area contributed by atoms with Crippen molar-refractivity contribution < 1.29 is 9.32 Å². The molecule has 6 heteroatoms. The van der Waals surface area contributed by atoms with E-state index in [-0.39, 0.29) is 11.9 Å². The fourth-order valence-electron chi connectivity index (χ4n) is 3.38. The van der Waals surface area contributed by atoms with Gasteiger partial charge in [-0.1, -0.05) is 17.3 Å². The van der Waals surface area contributed by atoms with Crippen LogP contribution in [-0.2, 0) is 5.75 Å². The van der Waals surface area contributed by atoms with Crippen LogP contribution >= 0.6 is 11.8 Å². The quantitative estimate of drug-likeness (QED) is 0.829. The van der Waals surface area contributed by atoms with Crippen LogP contribution in [-0.4, -0.2) is 35.1 Å². The van der Waals surface area contributed by atoms with Crippen LogP contribution in [0.4, 0.5) is 0 Å². The highest BCUT2D eigenvalue weighted by atomic mass is 32.2. The Labute approximate surface area is 152 Å². The third-order valence-electron chi connectivity index (χ3n) is 4.93. The van der Waals surface area contributed by atoms with Gasteiger partial charge in [-0.3, -0.25) is 4.79 Å². The van der Waals surface area contributed by atoms with Gasteiger partial charge in [0.25, 0.3) is 5.91 Å². The molecule has 0 radical (unpaired) electrons. The average Bonchev–Trinajstić information content (AvgIpc) is 3.15. The van der Waals surface area contributed by atoms with Crippen LogP contribution in [0, 0.1) is 19.8 Å². The van der Waals surface area contributed by atoms with E-state index in [1.807, 2.05) is 43.0 Å². The molecule has 0 aliphatic carbocycles. The Bertz CT molecular complexity index is 739. The van der Waals surface area contributed by atoms with Crippen molar-refractivity contribution in [2.24, 2.45) is 11.7 Å². The number of amides is 1. The van der Waals surface area contributed by atoms with Gasteiger partial charge in [0.1, 0.15) is 5.76 Å². The lowest BCUT2D eigenvalue weighted by molar-refractivity contribution is 0.0740. The highest BCUT2D eigenvalue weighted by Gasteiger charge is 2.32. The van der Waals surface area contributed by atoms with E-state index in [2.05, 4.69) is 12.1 Å². The maximum absolute atomic E-state index is 13.1. The topological polar surface area (TPSA) is 72.4 Å². The highest BCUT2D eigenvalue weighted by molar-refractivity contribution is 7.98. The number of carbonyl (C=O) groups excluding carboxylic acids is 1. The van der Waals surface area contributed by atoms with E-state index < -0.39 is 0 Å². The number of aryl methyl sites for hydroxylation is 2. The lowest BCUT2D eigenvalue weighted by atomic mass is 10.1. The SMILES string of the molecule is Cc1noc(C)c1CSc1ccccc1C(=O)N1CC(CN)CC1C. The van der Waals surface area contributed by atoms with Crippen LogP contribution in [0.5, 0.6) is 0 Å². The molecule has 2 heterocycles. The molecule has 3 rings (SSSR count). The zero-order chi connectivity index (χ0) is 18.0. The molecule has 1 aliphatic heterocycles. The molecule has 0 saturated carbocycles. The van der Waals surface area contributed by atoms with Crippen LogP contribution in [0.25, 0.3) is 0 Å². The lowest BCUT2D eigenvalue weighted by Crippen LogP contribution is -2.34. The van der Waals surface area contributed by atoms with Crippen molar-refractivity contribution in [1.29, 1.82) is 0 Å². The minimum absolute atomic E-state index is 0.102.